The van der Waals surface area contributed by atoms with E-state index in [1.54, 1.807) is 42.6 Å². The molecule has 1 aromatic carbocycles. The summed E-state index contributed by atoms with van der Waals surface area (Å²) >= 11 is 0. The van der Waals surface area contributed by atoms with Gasteiger partial charge in [-0.1, -0.05) is 32.3 Å². The van der Waals surface area contributed by atoms with Gasteiger partial charge in [0.1, 0.15) is 17.5 Å². The average molecular weight is 323 g/mol. The Morgan fingerprint density at radius 2 is 2.12 bits per heavy atom. The van der Waals surface area contributed by atoms with Crippen LogP contribution in [0, 0.1) is 11.3 Å². The number of carbonyl (C=O) groups excluding carboxylic acids is 1. The van der Waals surface area contributed by atoms with Gasteiger partial charge in [0.05, 0.1) is 12.2 Å². The fraction of sp³-hybridized carbons (Fsp3) is 0.316. The van der Waals surface area contributed by atoms with Gasteiger partial charge in [-0.15, -0.1) is 0 Å². The van der Waals surface area contributed by atoms with Gasteiger partial charge in [0.2, 0.25) is 0 Å². The first-order valence-electron chi connectivity index (χ1n) is 8.14. The first-order valence-corrected chi connectivity index (χ1v) is 8.14. The SMILES string of the molecule is CCCCCCOc1ccc(NC(=O)c2ccccn2)cc1C#N. The number of hydrogen-bond donors (Lipinski definition) is 1. The van der Waals surface area contributed by atoms with Crippen LogP contribution < -0.4 is 10.1 Å². The van der Waals surface area contributed by atoms with Crippen molar-refractivity contribution in [2.45, 2.75) is 32.6 Å². The summed E-state index contributed by atoms with van der Waals surface area (Å²) in [4.78, 5) is 16.1. The van der Waals surface area contributed by atoms with E-state index in [2.05, 4.69) is 23.3 Å². The van der Waals surface area contributed by atoms with Crippen molar-refractivity contribution in [2.24, 2.45) is 0 Å². The number of pyridine rings is 1. The van der Waals surface area contributed by atoms with E-state index >= 15 is 0 Å². The number of nitrogens with zero attached hydrogens (tertiary/aromatic N) is 2. The van der Waals surface area contributed by atoms with Gasteiger partial charge in [-0.2, -0.15) is 5.26 Å². The van der Waals surface area contributed by atoms with Gasteiger partial charge in [0.25, 0.3) is 5.91 Å². The van der Waals surface area contributed by atoms with Crippen molar-refractivity contribution in [3.63, 3.8) is 0 Å². The summed E-state index contributed by atoms with van der Waals surface area (Å²) in [6.45, 7) is 2.75. The topological polar surface area (TPSA) is 75.0 Å². The minimum absolute atomic E-state index is 0.312. The highest BCUT2D eigenvalue weighted by Crippen LogP contribution is 2.23. The fourth-order valence-electron chi connectivity index (χ4n) is 2.22. The van der Waals surface area contributed by atoms with E-state index in [-0.39, 0.29) is 5.91 Å². The van der Waals surface area contributed by atoms with E-state index in [4.69, 9.17) is 4.74 Å². The normalized spacial score (nSPS) is 10.0. The summed E-state index contributed by atoms with van der Waals surface area (Å²) in [5, 5.41) is 12.0. The van der Waals surface area contributed by atoms with Gasteiger partial charge in [0.15, 0.2) is 0 Å². The molecule has 1 N–H and O–H groups in total. The van der Waals surface area contributed by atoms with Gasteiger partial charge >= 0.3 is 0 Å². The van der Waals surface area contributed by atoms with E-state index in [1.165, 1.54) is 12.8 Å². The van der Waals surface area contributed by atoms with Gasteiger partial charge < -0.3 is 10.1 Å². The van der Waals surface area contributed by atoms with Crippen LogP contribution in [0.1, 0.15) is 48.7 Å². The first-order chi connectivity index (χ1) is 11.7. The van der Waals surface area contributed by atoms with Crippen molar-refractivity contribution in [3.05, 3.63) is 53.9 Å². The Bertz CT molecular complexity index is 708. The maximum absolute atomic E-state index is 12.1. The zero-order valence-electron chi connectivity index (χ0n) is 13.8. The van der Waals surface area contributed by atoms with Gasteiger partial charge in [-0.3, -0.25) is 9.78 Å². The summed E-state index contributed by atoms with van der Waals surface area (Å²) < 4.78 is 5.67. The third-order valence-electron chi connectivity index (χ3n) is 3.51. The second kappa shape index (κ2) is 9.31. The summed E-state index contributed by atoms with van der Waals surface area (Å²) in [6.07, 6.45) is 6.01. The summed E-state index contributed by atoms with van der Waals surface area (Å²) in [5.74, 6) is 0.234. The molecule has 0 aliphatic heterocycles. The number of nitriles is 1. The molecule has 0 aliphatic carbocycles. The lowest BCUT2D eigenvalue weighted by molar-refractivity contribution is 0.102. The molecule has 24 heavy (non-hydrogen) atoms. The molecule has 0 spiro atoms. The Labute approximate surface area is 142 Å². The van der Waals surface area contributed by atoms with Gasteiger partial charge in [-0.25, -0.2) is 0 Å². The van der Waals surface area contributed by atoms with Crippen molar-refractivity contribution in [1.29, 1.82) is 5.26 Å². The predicted octanol–water partition coefficient (Wildman–Crippen LogP) is 4.16. The number of nitrogens with one attached hydrogen (secondary N) is 1. The summed E-state index contributed by atoms with van der Waals surface area (Å²) in [5.41, 5.74) is 1.28. The molecule has 1 aromatic heterocycles. The van der Waals surface area contributed by atoms with Crippen LogP contribution in [-0.4, -0.2) is 17.5 Å². The number of carbonyl (C=O) groups is 1. The maximum atomic E-state index is 12.1. The van der Waals surface area contributed by atoms with Crippen LogP contribution >= 0.6 is 0 Å². The lowest BCUT2D eigenvalue weighted by atomic mass is 10.2. The summed E-state index contributed by atoms with van der Waals surface area (Å²) in [6, 6.07) is 12.3. The minimum Gasteiger partial charge on any atom is -0.492 e. The van der Waals surface area contributed by atoms with E-state index in [9.17, 15) is 10.1 Å². The fourth-order valence-corrected chi connectivity index (χ4v) is 2.22. The molecule has 0 aliphatic rings. The number of aromatic nitrogens is 1. The number of ether oxygens (including phenoxy) is 1. The maximum Gasteiger partial charge on any atom is 0.274 e. The third-order valence-corrected chi connectivity index (χ3v) is 3.51. The van der Waals surface area contributed by atoms with E-state index < -0.39 is 0 Å². The van der Waals surface area contributed by atoms with Gasteiger partial charge in [-0.05, 0) is 36.8 Å². The molecule has 0 bridgehead atoms. The van der Waals surface area contributed by atoms with Crippen LogP contribution in [0.3, 0.4) is 0 Å². The first kappa shape index (κ1) is 17.5. The van der Waals surface area contributed by atoms with Crippen molar-refractivity contribution in [3.8, 4) is 11.8 Å². The van der Waals surface area contributed by atoms with E-state index in [0.29, 0.717) is 29.3 Å². The Hall–Kier alpha value is -2.87. The van der Waals surface area contributed by atoms with Gasteiger partial charge in [0, 0.05) is 11.9 Å². The molecule has 5 heteroatoms. The quantitative estimate of drug-likeness (QED) is 0.740. The number of amides is 1. The smallest absolute Gasteiger partial charge is 0.274 e. The molecule has 0 unspecified atom stereocenters. The molecular weight excluding hydrogens is 302 g/mol. The molecule has 0 saturated heterocycles. The molecule has 1 heterocycles. The number of rotatable bonds is 8. The third kappa shape index (κ3) is 5.10. The van der Waals surface area contributed by atoms with Crippen molar-refractivity contribution < 1.29 is 9.53 Å². The molecule has 2 rings (SSSR count). The molecular formula is C19H21N3O2. The molecule has 0 saturated carbocycles. The Balaban J connectivity index is 1.98. The van der Waals surface area contributed by atoms with Crippen LogP contribution in [0.25, 0.3) is 0 Å². The number of unbranched alkanes of at least 4 members (excludes halogenated alkanes) is 3. The largest absolute Gasteiger partial charge is 0.492 e. The van der Waals surface area contributed by atoms with Crippen LogP contribution in [0.4, 0.5) is 5.69 Å². The molecule has 124 valence electrons. The minimum atomic E-state index is -0.312. The second-order valence-corrected chi connectivity index (χ2v) is 5.40. The Morgan fingerprint density at radius 3 is 2.83 bits per heavy atom. The zero-order valence-corrected chi connectivity index (χ0v) is 13.8. The molecule has 5 nitrogen and oxygen atoms in total. The number of hydrogen-bond acceptors (Lipinski definition) is 4. The predicted molar refractivity (Wildman–Crippen MR) is 93.0 cm³/mol. The molecule has 0 fully saturated rings. The lowest BCUT2D eigenvalue weighted by Gasteiger charge is -2.10. The average Bonchev–Trinajstić information content (AvgIpc) is 2.63. The molecule has 1 amide bonds. The summed E-state index contributed by atoms with van der Waals surface area (Å²) in [7, 11) is 0. The second-order valence-electron chi connectivity index (χ2n) is 5.40. The van der Waals surface area contributed by atoms with Crippen LogP contribution in [0.15, 0.2) is 42.6 Å². The molecule has 0 radical (unpaired) electrons. The zero-order chi connectivity index (χ0) is 17.2. The standard InChI is InChI=1S/C19H21N3O2/c1-2-3-4-7-12-24-18-10-9-16(13-15(18)14-20)22-19(23)17-8-5-6-11-21-17/h5-6,8-11,13H,2-4,7,12H2,1H3,(H,22,23). The monoisotopic (exact) mass is 323 g/mol. The number of anilines is 1. The van der Waals surface area contributed by atoms with Crippen molar-refractivity contribution in [1.82, 2.24) is 4.98 Å². The Kier molecular flexibility index (Phi) is 6.78. The van der Waals surface area contributed by atoms with Crippen LogP contribution in [0.2, 0.25) is 0 Å². The molecule has 2 aromatic rings. The highest BCUT2D eigenvalue weighted by Gasteiger charge is 2.09. The van der Waals surface area contributed by atoms with Crippen molar-refractivity contribution >= 4 is 11.6 Å². The molecule has 0 atom stereocenters. The van der Waals surface area contributed by atoms with Crippen LogP contribution in [-0.2, 0) is 0 Å². The number of benzene rings is 1. The van der Waals surface area contributed by atoms with E-state index in [1.807, 2.05) is 0 Å². The lowest BCUT2D eigenvalue weighted by Crippen LogP contribution is -2.13. The Morgan fingerprint density at radius 1 is 1.25 bits per heavy atom. The van der Waals surface area contributed by atoms with Crippen LogP contribution in [0.5, 0.6) is 5.75 Å². The highest BCUT2D eigenvalue weighted by atomic mass is 16.5. The van der Waals surface area contributed by atoms with Crippen molar-refractivity contribution in [2.75, 3.05) is 11.9 Å². The highest BCUT2D eigenvalue weighted by molar-refractivity contribution is 6.02. The van der Waals surface area contributed by atoms with E-state index in [0.717, 1.165) is 12.8 Å².